The van der Waals surface area contributed by atoms with Gasteiger partial charge in [0.2, 0.25) is 0 Å². The van der Waals surface area contributed by atoms with Crippen LogP contribution in [0.2, 0.25) is 0 Å². The fourth-order valence-corrected chi connectivity index (χ4v) is 0.727. The lowest BCUT2D eigenvalue weighted by Gasteiger charge is -2.18. The molecule has 0 aliphatic rings. The van der Waals surface area contributed by atoms with E-state index >= 15 is 0 Å². The van der Waals surface area contributed by atoms with Gasteiger partial charge in [-0.15, -0.1) is 12.4 Å². The Morgan fingerprint density at radius 3 is 2.25 bits per heavy atom. The van der Waals surface area contributed by atoms with Crippen molar-refractivity contribution in [1.29, 1.82) is 0 Å². The average Bonchev–Trinajstić information content (AvgIpc) is 1.85. The highest BCUT2D eigenvalue weighted by molar-refractivity contribution is 5.85. The highest BCUT2D eigenvalue weighted by Gasteiger charge is 2.13. The van der Waals surface area contributed by atoms with E-state index in [9.17, 15) is 0 Å². The third kappa shape index (κ3) is 4.18. The van der Waals surface area contributed by atoms with E-state index in [2.05, 4.69) is 0 Å². The molecular formula is C8H12ClNO2. The standard InChI is InChI=1S/C8H11NO2.ClH/c1-8(9,10)11-7-5-3-2-4-6-7;/h2-6,10H,9H2,1H3;1H. The van der Waals surface area contributed by atoms with Gasteiger partial charge in [-0.3, -0.25) is 5.73 Å². The van der Waals surface area contributed by atoms with Crippen LogP contribution in [0.4, 0.5) is 0 Å². The van der Waals surface area contributed by atoms with Gasteiger partial charge in [0, 0.05) is 6.92 Å². The molecule has 3 N–H and O–H groups in total. The van der Waals surface area contributed by atoms with Gasteiger partial charge in [-0.2, -0.15) is 0 Å². The third-order valence-electron chi connectivity index (χ3n) is 1.07. The maximum Gasteiger partial charge on any atom is 0.262 e. The zero-order chi connectivity index (χ0) is 8.32. The van der Waals surface area contributed by atoms with Crippen LogP contribution in [0, 0.1) is 0 Å². The number of aliphatic hydroxyl groups is 1. The summed E-state index contributed by atoms with van der Waals surface area (Å²) in [6.07, 6.45) is 0. The lowest BCUT2D eigenvalue weighted by molar-refractivity contribution is -0.115. The first-order valence-electron chi connectivity index (χ1n) is 3.33. The summed E-state index contributed by atoms with van der Waals surface area (Å²) in [5.41, 5.74) is 5.20. The molecule has 0 amide bonds. The minimum Gasteiger partial charge on any atom is -0.450 e. The molecule has 1 aromatic rings. The molecule has 0 spiro atoms. The van der Waals surface area contributed by atoms with Crippen LogP contribution >= 0.6 is 12.4 Å². The molecule has 68 valence electrons. The van der Waals surface area contributed by atoms with Crippen molar-refractivity contribution in [3.63, 3.8) is 0 Å². The Hall–Kier alpha value is -0.770. The molecule has 0 aliphatic carbocycles. The SMILES string of the molecule is CC(N)(O)Oc1ccccc1.Cl. The van der Waals surface area contributed by atoms with E-state index in [0.29, 0.717) is 5.75 Å². The normalized spacial score (nSPS) is 14.2. The van der Waals surface area contributed by atoms with Crippen LogP contribution in [0.15, 0.2) is 30.3 Å². The van der Waals surface area contributed by atoms with Gasteiger partial charge < -0.3 is 9.84 Å². The third-order valence-corrected chi connectivity index (χ3v) is 1.07. The fraction of sp³-hybridized carbons (Fsp3) is 0.250. The van der Waals surface area contributed by atoms with Crippen molar-refractivity contribution in [3.8, 4) is 5.75 Å². The Labute approximate surface area is 77.6 Å². The summed E-state index contributed by atoms with van der Waals surface area (Å²) in [4.78, 5) is 0. The van der Waals surface area contributed by atoms with Gasteiger partial charge in [0.15, 0.2) is 0 Å². The first-order chi connectivity index (χ1) is 5.08. The van der Waals surface area contributed by atoms with Crippen LogP contribution < -0.4 is 10.5 Å². The van der Waals surface area contributed by atoms with Crippen LogP contribution in [0.5, 0.6) is 5.75 Å². The maximum atomic E-state index is 9.03. The van der Waals surface area contributed by atoms with Crippen molar-refractivity contribution in [2.75, 3.05) is 0 Å². The summed E-state index contributed by atoms with van der Waals surface area (Å²) in [5, 5.41) is 9.03. The molecule has 1 aromatic carbocycles. The van der Waals surface area contributed by atoms with Crippen molar-refractivity contribution < 1.29 is 9.84 Å². The quantitative estimate of drug-likeness (QED) is 0.686. The number of hydrogen-bond acceptors (Lipinski definition) is 3. The average molecular weight is 190 g/mol. The molecule has 0 fully saturated rings. The molecule has 3 nitrogen and oxygen atoms in total. The van der Waals surface area contributed by atoms with Crippen LogP contribution in [0.25, 0.3) is 0 Å². The molecule has 0 aromatic heterocycles. The van der Waals surface area contributed by atoms with Crippen LogP contribution in [-0.2, 0) is 0 Å². The molecular weight excluding hydrogens is 178 g/mol. The molecule has 1 rings (SSSR count). The summed E-state index contributed by atoms with van der Waals surface area (Å²) < 4.78 is 4.94. The zero-order valence-corrected chi connectivity index (χ0v) is 7.54. The first kappa shape index (κ1) is 11.2. The van der Waals surface area contributed by atoms with E-state index in [4.69, 9.17) is 15.6 Å². The monoisotopic (exact) mass is 189 g/mol. The largest absolute Gasteiger partial charge is 0.450 e. The van der Waals surface area contributed by atoms with Gasteiger partial charge >= 0.3 is 0 Å². The molecule has 0 radical (unpaired) electrons. The second kappa shape index (κ2) is 4.30. The summed E-state index contributed by atoms with van der Waals surface area (Å²) in [6.45, 7) is 1.38. The lowest BCUT2D eigenvalue weighted by Crippen LogP contribution is -2.41. The number of ether oxygens (including phenoxy) is 1. The van der Waals surface area contributed by atoms with Crippen molar-refractivity contribution in [2.45, 2.75) is 12.8 Å². The van der Waals surface area contributed by atoms with Gasteiger partial charge in [-0.05, 0) is 12.1 Å². The highest BCUT2D eigenvalue weighted by atomic mass is 35.5. The molecule has 12 heavy (non-hydrogen) atoms. The van der Waals surface area contributed by atoms with Crippen molar-refractivity contribution in [2.24, 2.45) is 5.73 Å². The van der Waals surface area contributed by atoms with Gasteiger partial charge in [0.25, 0.3) is 5.91 Å². The second-order valence-corrected chi connectivity index (χ2v) is 2.47. The second-order valence-electron chi connectivity index (χ2n) is 2.47. The molecule has 0 aliphatic heterocycles. The van der Waals surface area contributed by atoms with E-state index in [1.807, 2.05) is 6.07 Å². The lowest BCUT2D eigenvalue weighted by atomic mass is 10.3. The fourth-order valence-electron chi connectivity index (χ4n) is 0.727. The van der Waals surface area contributed by atoms with Gasteiger partial charge in [-0.25, -0.2) is 0 Å². The first-order valence-corrected chi connectivity index (χ1v) is 3.33. The summed E-state index contributed by atoms with van der Waals surface area (Å²) in [5.74, 6) is -1.04. The van der Waals surface area contributed by atoms with E-state index in [-0.39, 0.29) is 12.4 Å². The molecule has 4 heteroatoms. The van der Waals surface area contributed by atoms with Gasteiger partial charge in [0.05, 0.1) is 0 Å². The van der Waals surface area contributed by atoms with Crippen molar-refractivity contribution in [3.05, 3.63) is 30.3 Å². The van der Waals surface area contributed by atoms with Gasteiger partial charge in [0.1, 0.15) is 5.75 Å². The number of benzene rings is 1. The minimum atomic E-state index is -1.60. The summed E-state index contributed by atoms with van der Waals surface area (Å²) in [6, 6.07) is 8.92. The Kier molecular flexibility index (Phi) is 4.03. The molecule has 0 heterocycles. The molecule has 1 atom stereocenters. The summed E-state index contributed by atoms with van der Waals surface area (Å²) in [7, 11) is 0. The number of nitrogens with two attached hydrogens (primary N) is 1. The Morgan fingerprint density at radius 1 is 1.33 bits per heavy atom. The number of para-hydroxylation sites is 1. The van der Waals surface area contributed by atoms with Crippen molar-refractivity contribution in [1.82, 2.24) is 0 Å². The molecule has 0 saturated heterocycles. The predicted octanol–water partition coefficient (Wildman–Crippen LogP) is 1.11. The number of halogens is 1. The minimum absolute atomic E-state index is 0. The number of rotatable bonds is 2. The summed E-state index contributed by atoms with van der Waals surface area (Å²) >= 11 is 0. The van der Waals surface area contributed by atoms with E-state index in [0.717, 1.165) is 0 Å². The van der Waals surface area contributed by atoms with Gasteiger partial charge in [-0.1, -0.05) is 18.2 Å². The highest BCUT2D eigenvalue weighted by Crippen LogP contribution is 2.11. The van der Waals surface area contributed by atoms with Crippen LogP contribution in [0.3, 0.4) is 0 Å². The van der Waals surface area contributed by atoms with Crippen LogP contribution in [0.1, 0.15) is 6.92 Å². The molecule has 0 bridgehead atoms. The Bertz CT molecular complexity index is 220. The van der Waals surface area contributed by atoms with E-state index in [1.54, 1.807) is 24.3 Å². The van der Waals surface area contributed by atoms with Crippen molar-refractivity contribution >= 4 is 12.4 Å². The molecule has 0 saturated carbocycles. The Balaban J connectivity index is 0.00000121. The smallest absolute Gasteiger partial charge is 0.262 e. The Morgan fingerprint density at radius 2 is 1.83 bits per heavy atom. The zero-order valence-electron chi connectivity index (χ0n) is 6.73. The van der Waals surface area contributed by atoms with E-state index in [1.165, 1.54) is 6.92 Å². The van der Waals surface area contributed by atoms with E-state index < -0.39 is 5.91 Å². The molecule has 1 unspecified atom stereocenters. The maximum absolute atomic E-state index is 9.03. The predicted molar refractivity (Wildman–Crippen MR) is 49.1 cm³/mol. The topological polar surface area (TPSA) is 55.5 Å². The van der Waals surface area contributed by atoms with Crippen LogP contribution in [-0.4, -0.2) is 11.0 Å². The number of hydrogen-bond donors (Lipinski definition) is 2.